The van der Waals surface area contributed by atoms with Crippen LogP contribution in [0.25, 0.3) is 0 Å². The number of hydrogen-bond acceptors (Lipinski definition) is 2. The van der Waals surface area contributed by atoms with Gasteiger partial charge in [-0.3, -0.25) is 0 Å². The molecule has 2 unspecified atom stereocenters. The zero-order valence-electron chi connectivity index (χ0n) is 14.2. The van der Waals surface area contributed by atoms with Crippen LogP contribution < -0.4 is 5.32 Å². The molecular weight excluding hydrogens is 234 g/mol. The second-order valence-corrected chi connectivity index (χ2v) is 6.65. The SMILES string of the molecule is CCCCCCC(NCCC)C(OCC)C(C)(C)C. The Labute approximate surface area is 121 Å². The quantitative estimate of drug-likeness (QED) is 0.546. The van der Waals surface area contributed by atoms with Crippen LogP contribution in [0.1, 0.15) is 80.1 Å². The van der Waals surface area contributed by atoms with Crippen molar-refractivity contribution in [3.63, 3.8) is 0 Å². The molecular formula is C17H37NO. The number of rotatable bonds is 11. The van der Waals surface area contributed by atoms with E-state index >= 15 is 0 Å². The van der Waals surface area contributed by atoms with Crippen LogP contribution in [0.15, 0.2) is 0 Å². The normalized spacial score (nSPS) is 15.5. The van der Waals surface area contributed by atoms with E-state index in [0.29, 0.717) is 12.1 Å². The Balaban J connectivity index is 4.47. The summed E-state index contributed by atoms with van der Waals surface area (Å²) in [6, 6.07) is 0.497. The molecule has 0 aromatic rings. The van der Waals surface area contributed by atoms with Gasteiger partial charge in [0, 0.05) is 12.6 Å². The average Bonchev–Trinajstić information content (AvgIpc) is 2.34. The van der Waals surface area contributed by atoms with E-state index in [-0.39, 0.29) is 5.41 Å². The fourth-order valence-electron chi connectivity index (χ4n) is 2.63. The highest BCUT2D eigenvalue weighted by atomic mass is 16.5. The molecule has 0 aromatic carbocycles. The van der Waals surface area contributed by atoms with E-state index in [1.165, 1.54) is 38.5 Å². The first kappa shape index (κ1) is 18.9. The largest absolute Gasteiger partial charge is 0.376 e. The maximum atomic E-state index is 6.06. The van der Waals surface area contributed by atoms with Crippen molar-refractivity contribution in [3.05, 3.63) is 0 Å². The summed E-state index contributed by atoms with van der Waals surface area (Å²) in [5.74, 6) is 0. The van der Waals surface area contributed by atoms with Gasteiger partial charge in [-0.1, -0.05) is 60.3 Å². The fraction of sp³-hybridized carbons (Fsp3) is 1.00. The topological polar surface area (TPSA) is 21.3 Å². The van der Waals surface area contributed by atoms with Crippen LogP contribution in [0.4, 0.5) is 0 Å². The summed E-state index contributed by atoms with van der Waals surface area (Å²) >= 11 is 0. The molecule has 0 heterocycles. The van der Waals surface area contributed by atoms with Gasteiger partial charge in [-0.2, -0.15) is 0 Å². The molecule has 116 valence electrons. The average molecular weight is 271 g/mol. The summed E-state index contributed by atoms with van der Waals surface area (Å²) in [7, 11) is 0. The molecule has 0 saturated carbocycles. The Hall–Kier alpha value is -0.0800. The highest BCUT2D eigenvalue weighted by Gasteiger charge is 2.32. The van der Waals surface area contributed by atoms with Gasteiger partial charge in [0.15, 0.2) is 0 Å². The zero-order chi connectivity index (χ0) is 14.7. The minimum atomic E-state index is 0.201. The molecule has 2 heteroatoms. The highest BCUT2D eigenvalue weighted by Crippen LogP contribution is 2.27. The lowest BCUT2D eigenvalue weighted by molar-refractivity contribution is -0.0378. The summed E-state index contributed by atoms with van der Waals surface area (Å²) < 4.78 is 6.06. The van der Waals surface area contributed by atoms with Crippen molar-refractivity contribution < 1.29 is 4.74 Å². The number of nitrogens with one attached hydrogen (secondary N) is 1. The first-order valence-corrected chi connectivity index (χ1v) is 8.32. The summed E-state index contributed by atoms with van der Waals surface area (Å²) in [5, 5.41) is 3.71. The molecule has 2 atom stereocenters. The molecule has 0 aliphatic carbocycles. The van der Waals surface area contributed by atoms with Gasteiger partial charge in [-0.05, 0) is 31.7 Å². The molecule has 0 aromatic heterocycles. The first-order valence-electron chi connectivity index (χ1n) is 8.32. The molecule has 1 N–H and O–H groups in total. The minimum absolute atomic E-state index is 0.201. The van der Waals surface area contributed by atoms with Crippen LogP contribution in [-0.4, -0.2) is 25.3 Å². The monoisotopic (exact) mass is 271 g/mol. The van der Waals surface area contributed by atoms with E-state index < -0.39 is 0 Å². The van der Waals surface area contributed by atoms with Crippen LogP contribution in [0.2, 0.25) is 0 Å². The van der Waals surface area contributed by atoms with Crippen LogP contribution in [0.3, 0.4) is 0 Å². The third-order valence-corrected chi connectivity index (χ3v) is 3.59. The molecule has 0 bridgehead atoms. The predicted molar refractivity (Wildman–Crippen MR) is 85.7 cm³/mol. The van der Waals surface area contributed by atoms with Gasteiger partial charge in [-0.15, -0.1) is 0 Å². The Morgan fingerprint density at radius 3 is 2.11 bits per heavy atom. The van der Waals surface area contributed by atoms with E-state index in [1.807, 2.05) is 0 Å². The lowest BCUT2D eigenvalue weighted by Gasteiger charge is -2.37. The van der Waals surface area contributed by atoms with Crippen molar-refractivity contribution in [3.8, 4) is 0 Å². The van der Waals surface area contributed by atoms with Crippen molar-refractivity contribution >= 4 is 0 Å². The Bertz CT molecular complexity index is 198. The van der Waals surface area contributed by atoms with Crippen LogP contribution in [-0.2, 0) is 4.74 Å². The van der Waals surface area contributed by atoms with Gasteiger partial charge >= 0.3 is 0 Å². The van der Waals surface area contributed by atoms with Crippen molar-refractivity contribution in [2.45, 2.75) is 92.2 Å². The summed E-state index contributed by atoms with van der Waals surface area (Å²) in [6.45, 7) is 15.4. The Kier molecular flexibility index (Phi) is 10.6. The summed E-state index contributed by atoms with van der Waals surface area (Å²) in [6.07, 6.45) is 8.07. The van der Waals surface area contributed by atoms with Gasteiger partial charge in [0.05, 0.1) is 6.10 Å². The number of hydrogen-bond donors (Lipinski definition) is 1. The lowest BCUT2D eigenvalue weighted by Crippen LogP contribution is -2.48. The van der Waals surface area contributed by atoms with Gasteiger partial charge in [-0.25, -0.2) is 0 Å². The van der Waals surface area contributed by atoms with E-state index in [9.17, 15) is 0 Å². The molecule has 19 heavy (non-hydrogen) atoms. The van der Waals surface area contributed by atoms with E-state index in [1.54, 1.807) is 0 Å². The van der Waals surface area contributed by atoms with Crippen molar-refractivity contribution in [1.29, 1.82) is 0 Å². The maximum Gasteiger partial charge on any atom is 0.0775 e. The molecule has 2 nitrogen and oxygen atoms in total. The van der Waals surface area contributed by atoms with Crippen molar-refractivity contribution in [2.75, 3.05) is 13.2 Å². The van der Waals surface area contributed by atoms with Crippen molar-refractivity contribution in [1.82, 2.24) is 5.32 Å². The fourth-order valence-corrected chi connectivity index (χ4v) is 2.63. The minimum Gasteiger partial charge on any atom is -0.376 e. The smallest absolute Gasteiger partial charge is 0.0775 e. The van der Waals surface area contributed by atoms with Gasteiger partial charge in [0.25, 0.3) is 0 Å². The summed E-state index contributed by atoms with van der Waals surface area (Å²) in [5.41, 5.74) is 0.201. The van der Waals surface area contributed by atoms with E-state index in [2.05, 4.69) is 46.9 Å². The number of ether oxygens (including phenoxy) is 1. The van der Waals surface area contributed by atoms with Crippen LogP contribution >= 0.6 is 0 Å². The molecule has 0 fully saturated rings. The third kappa shape index (κ3) is 8.65. The Morgan fingerprint density at radius 1 is 0.947 bits per heavy atom. The predicted octanol–water partition coefficient (Wildman–Crippen LogP) is 4.78. The third-order valence-electron chi connectivity index (χ3n) is 3.59. The van der Waals surface area contributed by atoms with Gasteiger partial charge in [0.2, 0.25) is 0 Å². The Morgan fingerprint density at radius 2 is 1.63 bits per heavy atom. The van der Waals surface area contributed by atoms with E-state index in [4.69, 9.17) is 4.74 Å². The molecule has 0 amide bonds. The molecule has 0 radical (unpaired) electrons. The molecule has 0 aliphatic rings. The van der Waals surface area contributed by atoms with E-state index in [0.717, 1.165) is 13.2 Å². The standard InChI is InChI=1S/C17H37NO/c1-7-10-11-12-13-15(18-14-8-2)16(19-9-3)17(4,5)6/h15-16,18H,7-14H2,1-6H3. The molecule has 0 spiro atoms. The zero-order valence-corrected chi connectivity index (χ0v) is 14.2. The van der Waals surface area contributed by atoms with Crippen LogP contribution in [0.5, 0.6) is 0 Å². The highest BCUT2D eigenvalue weighted by molar-refractivity contribution is 4.86. The lowest BCUT2D eigenvalue weighted by atomic mass is 9.82. The molecule has 0 aliphatic heterocycles. The van der Waals surface area contributed by atoms with Crippen molar-refractivity contribution in [2.24, 2.45) is 5.41 Å². The van der Waals surface area contributed by atoms with Crippen LogP contribution in [0, 0.1) is 5.41 Å². The second-order valence-electron chi connectivity index (χ2n) is 6.65. The molecule has 0 rings (SSSR count). The number of unbranched alkanes of at least 4 members (excludes halogenated alkanes) is 3. The van der Waals surface area contributed by atoms with Gasteiger partial charge in [0.1, 0.15) is 0 Å². The molecule has 0 saturated heterocycles. The van der Waals surface area contributed by atoms with Gasteiger partial charge < -0.3 is 10.1 Å². The summed E-state index contributed by atoms with van der Waals surface area (Å²) in [4.78, 5) is 0. The maximum absolute atomic E-state index is 6.06. The second kappa shape index (κ2) is 10.7. The first-order chi connectivity index (χ1) is 8.97.